The molecule has 0 aromatic heterocycles. The Bertz CT molecular complexity index is 392. The van der Waals surface area contributed by atoms with Crippen LogP contribution < -0.4 is 10.6 Å². The van der Waals surface area contributed by atoms with Gasteiger partial charge in [-0.15, -0.1) is 0 Å². The van der Waals surface area contributed by atoms with Crippen molar-refractivity contribution >= 4 is 11.9 Å². The fraction of sp³-hybridized carbons (Fsp3) is 0.867. The predicted octanol–water partition coefficient (Wildman–Crippen LogP) is 0.255. The summed E-state index contributed by atoms with van der Waals surface area (Å²) in [6.45, 7) is 6.42. The van der Waals surface area contributed by atoms with Crippen LogP contribution in [-0.4, -0.2) is 73.5 Å². The van der Waals surface area contributed by atoms with Crippen LogP contribution in [-0.2, 0) is 4.79 Å². The number of nitrogens with zero attached hydrogens (tertiary/aromatic N) is 3. The number of likely N-dealkylation sites (tertiary alicyclic amines) is 1. The van der Waals surface area contributed by atoms with Gasteiger partial charge in [-0.05, 0) is 33.1 Å². The minimum absolute atomic E-state index is 0.0200. The Morgan fingerprint density at radius 1 is 1.38 bits per heavy atom. The first-order valence-electron chi connectivity index (χ1n) is 8.02. The molecule has 0 aromatic rings. The monoisotopic (exact) mass is 295 g/mol. The molecule has 0 spiro atoms. The van der Waals surface area contributed by atoms with Crippen molar-refractivity contribution in [2.24, 2.45) is 4.99 Å². The van der Waals surface area contributed by atoms with Crippen molar-refractivity contribution in [2.45, 2.75) is 51.2 Å². The molecule has 2 rings (SSSR count). The van der Waals surface area contributed by atoms with Crippen molar-refractivity contribution < 1.29 is 4.79 Å². The lowest BCUT2D eigenvalue weighted by Gasteiger charge is -2.20. The minimum Gasteiger partial charge on any atom is -0.357 e. The van der Waals surface area contributed by atoms with Gasteiger partial charge in [-0.3, -0.25) is 9.69 Å². The molecular formula is C15H29N5O. The van der Waals surface area contributed by atoms with E-state index in [0.29, 0.717) is 12.1 Å². The molecule has 0 aromatic carbocycles. The van der Waals surface area contributed by atoms with Gasteiger partial charge in [0.25, 0.3) is 0 Å². The SMILES string of the molecule is CCNC(=NCC(=O)N(C)C)NC1CC(C)N(C2CC2)C1. The summed E-state index contributed by atoms with van der Waals surface area (Å²) in [5.41, 5.74) is 0. The summed E-state index contributed by atoms with van der Waals surface area (Å²) in [4.78, 5) is 20.2. The van der Waals surface area contributed by atoms with E-state index >= 15 is 0 Å². The number of guanidine groups is 1. The summed E-state index contributed by atoms with van der Waals surface area (Å²) in [5.74, 6) is 0.772. The number of rotatable bonds is 5. The molecule has 6 heteroatoms. The molecule has 120 valence electrons. The van der Waals surface area contributed by atoms with E-state index in [4.69, 9.17) is 0 Å². The van der Waals surface area contributed by atoms with Gasteiger partial charge in [-0.2, -0.15) is 0 Å². The van der Waals surface area contributed by atoms with Crippen molar-refractivity contribution in [2.75, 3.05) is 33.7 Å². The third-order valence-electron chi connectivity index (χ3n) is 4.20. The predicted molar refractivity (Wildman–Crippen MR) is 85.4 cm³/mol. The van der Waals surface area contributed by atoms with Crippen LogP contribution in [0.3, 0.4) is 0 Å². The molecule has 2 aliphatic rings. The molecule has 0 bridgehead atoms. The van der Waals surface area contributed by atoms with Gasteiger partial charge in [0.1, 0.15) is 6.54 Å². The van der Waals surface area contributed by atoms with Gasteiger partial charge >= 0.3 is 0 Å². The highest BCUT2D eigenvalue weighted by molar-refractivity contribution is 5.84. The zero-order valence-electron chi connectivity index (χ0n) is 13.7. The fourth-order valence-electron chi connectivity index (χ4n) is 2.88. The largest absolute Gasteiger partial charge is 0.357 e. The Labute approximate surface area is 128 Å². The van der Waals surface area contributed by atoms with Gasteiger partial charge in [-0.1, -0.05) is 0 Å². The van der Waals surface area contributed by atoms with E-state index in [2.05, 4.69) is 27.4 Å². The van der Waals surface area contributed by atoms with Crippen LogP contribution >= 0.6 is 0 Å². The van der Waals surface area contributed by atoms with Gasteiger partial charge in [0.05, 0.1) is 0 Å². The molecule has 2 atom stereocenters. The molecule has 0 radical (unpaired) electrons. The third kappa shape index (κ3) is 4.59. The number of carbonyl (C=O) groups excluding carboxylic acids is 1. The number of hydrogen-bond acceptors (Lipinski definition) is 3. The van der Waals surface area contributed by atoms with Crippen LogP contribution in [0.4, 0.5) is 0 Å². The number of aliphatic imine (C=N–C) groups is 1. The van der Waals surface area contributed by atoms with Gasteiger partial charge in [0, 0.05) is 45.3 Å². The van der Waals surface area contributed by atoms with E-state index in [-0.39, 0.29) is 12.5 Å². The molecular weight excluding hydrogens is 266 g/mol. The van der Waals surface area contributed by atoms with Gasteiger partial charge in [0.15, 0.2) is 5.96 Å². The molecule has 2 unspecified atom stereocenters. The lowest BCUT2D eigenvalue weighted by Crippen LogP contribution is -2.45. The molecule has 1 heterocycles. The summed E-state index contributed by atoms with van der Waals surface area (Å²) >= 11 is 0. The lowest BCUT2D eigenvalue weighted by molar-refractivity contribution is -0.127. The maximum Gasteiger partial charge on any atom is 0.243 e. The quantitative estimate of drug-likeness (QED) is 0.564. The maximum atomic E-state index is 11.6. The zero-order chi connectivity index (χ0) is 15.4. The number of hydrogen-bond donors (Lipinski definition) is 2. The third-order valence-corrected chi connectivity index (χ3v) is 4.20. The zero-order valence-corrected chi connectivity index (χ0v) is 13.7. The van der Waals surface area contributed by atoms with E-state index < -0.39 is 0 Å². The molecule has 6 nitrogen and oxygen atoms in total. The summed E-state index contributed by atoms with van der Waals surface area (Å²) in [7, 11) is 3.51. The van der Waals surface area contributed by atoms with Crippen molar-refractivity contribution in [3.05, 3.63) is 0 Å². The summed E-state index contributed by atoms with van der Waals surface area (Å²) in [6, 6.07) is 1.87. The topological polar surface area (TPSA) is 60.0 Å². The summed E-state index contributed by atoms with van der Waals surface area (Å²) in [5, 5.41) is 6.71. The average molecular weight is 295 g/mol. The standard InChI is InChI=1S/C15H29N5O/c1-5-16-15(17-9-14(21)19(3)4)18-12-8-11(2)20(10-12)13-6-7-13/h11-13H,5-10H2,1-4H3,(H2,16,17,18). The molecule has 2 fully saturated rings. The second-order valence-corrected chi connectivity index (χ2v) is 6.34. The van der Waals surface area contributed by atoms with Crippen molar-refractivity contribution in [3.8, 4) is 0 Å². The van der Waals surface area contributed by atoms with E-state index in [0.717, 1.165) is 31.5 Å². The first kappa shape index (κ1) is 16.1. The molecule has 21 heavy (non-hydrogen) atoms. The smallest absolute Gasteiger partial charge is 0.243 e. The second kappa shape index (κ2) is 7.11. The first-order valence-corrected chi connectivity index (χ1v) is 8.02. The maximum absolute atomic E-state index is 11.6. The van der Waals surface area contributed by atoms with Gasteiger partial charge in [0.2, 0.25) is 5.91 Å². The summed E-state index contributed by atoms with van der Waals surface area (Å²) < 4.78 is 0. The van der Waals surface area contributed by atoms with E-state index in [1.54, 1.807) is 19.0 Å². The fourth-order valence-corrected chi connectivity index (χ4v) is 2.88. The van der Waals surface area contributed by atoms with Crippen LogP contribution in [0.1, 0.15) is 33.1 Å². The second-order valence-electron chi connectivity index (χ2n) is 6.34. The number of nitrogens with one attached hydrogen (secondary N) is 2. The number of carbonyl (C=O) groups is 1. The van der Waals surface area contributed by atoms with Crippen molar-refractivity contribution in [3.63, 3.8) is 0 Å². The first-order chi connectivity index (χ1) is 10.0. The van der Waals surface area contributed by atoms with Gasteiger partial charge < -0.3 is 15.5 Å². The van der Waals surface area contributed by atoms with Crippen LogP contribution in [0.5, 0.6) is 0 Å². The Morgan fingerprint density at radius 3 is 2.67 bits per heavy atom. The highest BCUT2D eigenvalue weighted by Gasteiger charge is 2.38. The van der Waals surface area contributed by atoms with Crippen molar-refractivity contribution in [1.82, 2.24) is 20.4 Å². The van der Waals surface area contributed by atoms with Crippen LogP contribution in [0.25, 0.3) is 0 Å². The lowest BCUT2D eigenvalue weighted by atomic mass is 10.2. The highest BCUT2D eigenvalue weighted by Crippen LogP contribution is 2.33. The highest BCUT2D eigenvalue weighted by atomic mass is 16.2. The molecule has 1 aliphatic heterocycles. The van der Waals surface area contributed by atoms with Crippen LogP contribution in [0.2, 0.25) is 0 Å². The Hall–Kier alpha value is -1.30. The molecule has 1 amide bonds. The molecule has 1 saturated carbocycles. The minimum atomic E-state index is 0.0200. The molecule has 2 N–H and O–H groups in total. The van der Waals surface area contributed by atoms with Crippen LogP contribution in [0.15, 0.2) is 4.99 Å². The molecule has 1 aliphatic carbocycles. The molecule has 1 saturated heterocycles. The Morgan fingerprint density at radius 2 is 2.10 bits per heavy atom. The number of likely N-dealkylation sites (N-methyl/N-ethyl adjacent to an activating group) is 1. The van der Waals surface area contributed by atoms with E-state index in [9.17, 15) is 4.79 Å². The van der Waals surface area contributed by atoms with E-state index in [1.165, 1.54) is 12.8 Å². The Balaban J connectivity index is 1.87. The van der Waals surface area contributed by atoms with E-state index in [1.807, 2.05) is 6.92 Å². The normalized spacial score (nSPS) is 26.8. The average Bonchev–Trinajstić information content (AvgIpc) is 3.20. The van der Waals surface area contributed by atoms with Gasteiger partial charge in [-0.25, -0.2) is 4.99 Å². The van der Waals surface area contributed by atoms with Crippen LogP contribution in [0, 0.1) is 0 Å². The Kier molecular flexibility index (Phi) is 5.45. The van der Waals surface area contributed by atoms with Crippen molar-refractivity contribution in [1.29, 1.82) is 0 Å². The number of amides is 1. The summed E-state index contributed by atoms with van der Waals surface area (Å²) in [6.07, 6.45) is 3.84.